The lowest BCUT2D eigenvalue weighted by Gasteiger charge is -2.34. The maximum Gasteiger partial charge on any atom is 0.255 e. The van der Waals surface area contributed by atoms with Gasteiger partial charge >= 0.3 is 0 Å². The van der Waals surface area contributed by atoms with Crippen molar-refractivity contribution in [2.45, 2.75) is 26.2 Å². The average molecular weight is 386 g/mol. The number of hydrogen-bond donors (Lipinski definition) is 0. The fraction of sp³-hybridized carbons (Fsp3) is 0.455. The van der Waals surface area contributed by atoms with Gasteiger partial charge in [0.25, 0.3) is 5.91 Å². The Hall–Kier alpha value is -1.91. The predicted molar refractivity (Wildman–Crippen MR) is 110 cm³/mol. The molecule has 1 saturated heterocycles. The third-order valence-corrected chi connectivity index (χ3v) is 5.52. The van der Waals surface area contributed by atoms with E-state index in [1.165, 1.54) is 18.4 Å². The topological polar surface area (TPSA) is 36.4 Å². The molecule has 2 aromatic rings. The largest absolute Gasteiger partial charge is 0.341 e. The number of halogens is 1. The highest BCUT2D eigenvalue weighted by molar-refractivity contribution is 6.30. The number of aryl methyl sites for hydroxylation is 1. The Morgan fingerprint density at radius 3 is 2.74 bits per heavy atom. The first-order valence-electron chi connectivity index (χ1n) is 9.66. The lowest BCUT2D eigenvalue weighted by Crippen LogP contribution is -2.42. The van der Waals surface area contributed by atoms with Crippen LogP contribution in [0.25, 0.3) is 0 Å². The fourth-order valence-corrected chi connectivity index (χ4v) is 3.85. The molecule has 4 nitrogen and oxygen atoms in total. The molecule has 0 saturated carbocycles. The molecule has 0 N–H and O–H groups in total. The molecular weight excluding hydrogens is 358 g/mol. The standard InChI is InChI=1S/C22H28ClN3O/c1-17-5-8-20(14-24-17)22(27)25(2)15-19-4-3-12-26(16-19)13-11-18-6-9-21(23)10-7-18/h5-10,14,19H,3-4,11-13,15-16H2,1-2H3/t19-/m1/s1. The van der Waals surface area contributed by atoms with Crippen molar-refractivity contribution in [1.82, 2.24) is 14.8 Å². The van der Waals surface area contributed by atoms with Crippen molar-refractivity contribution in [3.8, 4) is 0 Å². The van der Waals surface area contributed by atoms with E-state index in [0.717, 1.165) is 43.3 Å². The minimum absolute atomic E-state index is 0.0563. The van der Waals surface area contributed by atoms with Gasteiger partial charge in [0.15, 0.2) is 0 Å². The summed E-state index contributed by atoms with van der Waals surface area (Å²) in [6.07, 6.45) is 5.09. The second kappa shape index (κ2) is 9.34. The zero-order chi connectivity index (χ0) is 19.2. The number of aromatic nitrogens is 1. The van der Waals surface area contributed by atoms with Gasteiger partial charge in [-0.05, 0) is 68.5 Å². The number of piperidine rings is 1. The van der Waals surface area contributed by atoms with E-state index in [2.05, 4.69) is 22.0 Å². The lowest BCUT2D eigenvalue weighted by atomic mass is 9.97. The number of benzene rings is 1. The van der Waals surface area contributed by atoms with Crippen LogP contribution in [0.3, 0.4) is 0 Å². The zero-order valence-corrected chi connectivity index (χ0v) is 17.0. The Balaban J connectivity index is 1.49. The van der Waals surface area contributed by atoms with Crippen molar-refractivity contribution in [3.05, 3.63) is 64.4 Å². The Bertz CT molecular complexity index is 745. The molecule has 27 heavy (non-hydrogen) atoms. The number of carbonyl (C=O) groups excluding carboxylic acids is 1. The van der Waals surface area contributed by atoms with E-state index >= 15 is 0 Å². The van der Waals surface area contributed by atoms with Crippen LogP contribution in [0.15, 0.2) is 42.6 Å². The van der Waals surface area contributed by atoms with Gasteiger partial charge in [0.2, 0.25) is 0 Å². The highest BCUT2D eigenvalue weighted by Crippen LogP contribution is 2.19. The molecule has 1 amide bonds. The van der Waals surface area contributed by atoms with Gasteiger partial charge < -0.3 is 9.80 Å². The monoisotopic (exact) mass is 385 g/mol. The molecule has 0 unspecified atom stereocenters. The Morgan fingerprint density at radius 2 is 2.04 bits per heavy atom. The maximum atomic E-state index is 12.6. The molecule has 1 aliphatic rings. The van der Waals surface area contributed by atoms with Crippen molar-refractivity contribution in [3.63, 3.8) is 0 Å². The molecule has 0 spiro atoms. The van der Waals surface area contributed by atoms with Gasteiger partial charge in [-0.3, -0.25) is 9.78 Å². The minimum atomic E-state index is 0.0563. The molecule has 1 aliphatic heterocycles. The summed E-state index contributed by atoms with van der Waals surface area (Å²) in [6.45, 7) is 5.97. The van der Waals surface area contributed by atoms with Gasteiger partial charge in [-0.25, -0.2) is 0 Å². The molecule has 0 radical (unpaired) electrons. The van der Waals surface area contributed by atoms with Crippen LogP contribution in [0.1, 0.15) is 34.5 Å². The number of hydrogen-bond acceptors (Lipinski definition) is 3. The van der Waals surface area contributed by atoms with E-state index in [4.69, 9.17) is 11.6 Å². The normalized spacial score (nSPS) is 17.7. The Labute approximate surface area is 167 Å². The molecule has 5 heteroatoms. The number of carbonyl (C=O) groups is 1. The van der Waals surface area contributed by atoms with Crippen molar-refractivity contribution in [2.75, 3.05) is 33.2 Å². The highest BCUT2D eigenvalue weighted by Gasteiger charge is 2.23. The summed E-state index contributed by atoms with van der Waals surface area (Å²) in [5.41, 5.74) is 2.91. The number of likely N-dealkylation sites (tertiary alicyclic amines) is 1. The molecule has 144 valence electrons. The van der Waals surface area contributed by atoms with Gasteiger partial charge in [-0.2, -0.15) is 0 Å². The number of nitrogens with zero attached hydrogens (tertiary/aromatic N) is 3. The van der Waals surface area contributed by atoms with Crippen molar-refractivity contribution < 1.29 is 4.79 Å². The van der Waals surface area contributed by atoms with Crippen LogP contribution in [0.2, 0.25) is 5.02 Å². The Kier molecular flexibility index (Phi) is 6.86. The van der Waals surface area contributed by atoms with Gasteiger partial charge in [0, 0.05) is 43.6 Å². The van der Waals surface area contributed by atoms with Crippen LogP contribution in [0.5, 0.6) is 0 Å². The van der Waals surface area contributed by atoms with Crippen LogP contribution in [0.4, 0.5) is 0 Å². The van der Waals surface area contributed by atoms with E-state index in [1.54, 1.807) is 6.20 Å². The second-order valence-corrected chi connectivity index (χ2v) is 8.00. The van der Waals surface area contributed by atoms with E-state index in [1.807, 2.05) is 43.1 Å². The minimum Gasteiger partial charge on any atom is -0.341 e. The van der Waals surface area contributed by atoms with Gasteiger partial charge in [0.05, 0.1) is 5.56 Å². The number of pyridine rings is 1. The summed E-state index contributed by atoms with van der Waals surface area (Å²) in [4.78, 5) is 21.2. The van der Waals surface area contributed by atoms with Gasteiger partial charge in [-0.1, -0.05) is 23.7 Å². The van der Waals surface area contributed by atoms with Crippen molar-refractivity contribution in [1.29, 1.82) is 0 Å². The molecule has 0 aliphatic carbocycles. The summed E-state index contributed by atoms with van der Waals surface area (Å²) >= 11 is 5.96. The Morgan fingerprint density at radius 1 is 1.26 bits per heavy atom. The summed E-state index contributed by atoms with van der Waals surface area (Å²) in [6, 6.07) is 11.9. The quantitative estimate of drug-likeness (QED) is 0.752. The summed E-state index contributed by atoms with van der Waals surface area (Å²) in [5, 5.41) is 0.785. The van der Waals surface area contributed by atoms with Gasteiger partial charge in [0.1, 0.15) is 0 Å². The van der Waals surface area contributed by atoms with Crippen molar-refractivity contribution in [2.24, 2.45) is 5.92 Å². The van der Waals surface area contributed by atoms with Crippen LogP contribution in [-0.4, -0.2) is 53.9 Å². The second-order valence-electron chi connectivity index (χ2n) is 7.56. The first-order valence-corrected chi connectivity index (χ1v) is 10.0. The average Bonchev–Trinajstić information content (AvgIpc) is 2.68. The third-order valence-electron chi connectivity index (χ3n) is 5.27. The first kappa shape index (κ1) is 19.8. The van der Waals surface area contributed by atoms with Crippen LogP contribution < -0.4 is 0 Å². The maximum absolute atomic E-state index is 12.6. The van der Waals surface area contributed by atoms with Crippen LogP contribution in [0, 0.1) is 12.8 Å². The molecule has 0 bridgehead atoms. The molecule has 3 rings (SSSR count). The molecule has 1 fully saturated rings. The first-order chi connectivity index (χ1) is 13.0. The van der Waals surface area contributed by atoms with Crippen molar-refractivity contribution >= 4 is 17.5 Å². The SMILES string of the molecule is Cc1ccc(C(=O)N(C)C[C@H]2CCCN(CCc3ccc(Cl)cc3)C2)cn1. The summed E-state index contributed by atoms with van der Waals surface area (Å²) < 4.78 is 0. The van der Waals surface area contributed by atoms with E-state index < -0.39 is 0 Å². The molecular formula is C22H28ClN3O. The summed E-state index contributed by atoms with van der Waals surface area (Å²) in [5.74, 6) is 0.581. The third kappa shape index (κ3) is 5.78. The summed E-state index contributed by atoms with van der Waals surface area (Å²) in [7, 11) is 1.90. The smallest absolute Gasteiger partial charge is 0.255 e. The number of amides is 1. The lowest BCUT2D eigenvalue weighted by molar-refractivity contribution is 0.0730. The number of rotatable bonds is 6. The zero-order valence-electron chi connectivity index (χ0n) is 16.2. The van der Waals surface area contributed by atoms with E-state index in [0.29, 0.717) is 11.5 Å². The molecule has 1 atom stereocenters. The fourth-order valence-electron chi connectivity index (χ4n) is 3.73. The van der Waals surface area contributed by atoms with Gasteiger partial charge in [-0.15, -0.1) is 0 Å². The highest BCUT2D eigenvalue weighted by atomic mass is 35.5. The molecule has 1 aromatic heterocycles. The molecule has 1 aromatic carbocycles. The predicted octanol–water partition coefficient (Wildman–Crippen LogP) is 4.07. The van der Waals surface area contributed by atoms with E-state index in [9.17, 15) is 4.79 Å². The van der Waals surface area contributed by atoms with Crippen LogP contribution >= 0.6 is 11.6 Å². The molecule has 2 heterocycles. The van der Waals surface area contributed by atoms with E-state index in [-0.39, 0.29) is 5.91 Å². The van der Waals surface area contributed by atoms with Crippen LogP contribution in [-0.2, 0) is 6.42 Å².